The highest BCUT2D eigenvalue weighted by Gasteiger charge is 2.09. The summed E-state index contributed by atoms with van der Waals surface area (Å²) in [6, 6.07) is 7.83. The number of rotatable bonds is 5. The normalized spacial score (nSPS) is 10.8. The third kappa shape index (κ3) is 3.08. The number of ether oxygens (including phenoxy) is 1. The van der Waals surface area contributed by atoms with Crippen molar-refractivity contribution in [2.24, 2.45) is 0 Å². The Kier molecular flexibility index (Phi) is 3.92. The fourth-order valence-corrected chi connectivity index (χ4v) is 2.69. The largest absolute Gasteiger partial charge is 0.497 e. The van der Waals surface area contributed by atoms with E-state index >= 15 is 0 Å². The fraction of sp³-hybridized carbons (Fsp3) is 0.214. The second-order valence-corrected chi connectivity index (χ2v) is 5.23. The summed E-state index contributed by atoms with van der Waals surface area (Å²) in [7, 11) is 1.65. The highest BCUT2D eigenvalue weighted by Crippen LogP contribution is 2.25. The number of imidazole rings is 1. The monoisotopic (exact) mass is 302 g/mol. The smallest absolute Gasteiger partial charge is 0.226 e. The van der Waals surface area contributed by atoms with Crippen molar-refractivity contribution < 1.29 is 9.15 Å². The molecule has 0 radical (unpaired) electrons. The van der Waals surface area contributed by atoms with Crippen LogP contribution in [0.2, 0.25) is 0 Å². The first kappa shape index (κ1) is 13.7. The van der Waals surface area contributed by atoms with E-state index in [1.807, 2.05) is 35.0 Å². The van der Waals surface area contributed by atoms with Crippen molar-refractivity contribution in [1.82, 2.24) is 19.7 Å². The lowest BCUT2D eigenvalue weighted by molar-refractivity contribution is 0.414. The molecule has 7 heteroatoms. The van der Waals surface area contributed by atoms with E-state index in [2.05, 4.69) is 15.2 Å². The average molecular weight is 302 g/mol. The first-order chi connectivity index (χ1) is 10.3. The lowest BCUT2D eigenvalue weighted by atomic mass is 10.3. The second kappa shape index (κ2) is 6.01. The summed E-state index contributed by atoms with van der Waals surface area (Å²) in [6.07, 6.45) is 3.68. The van der Waals surface area contributed by atoms with E-state index < -0.39 is 0 Å². The van der Waals surface area contributed by atoms with Gasteiger partial charge in [-0.15, -0.1) is 10.2 Å². The summed E-state index contributed by atoms with van der Waals surface area (Å²) in [4.78, 5) is 4.37. The molecule has 3 rings (SSSR count). The Morgan fingerprint density at radius 2 is 2.24 bits per heavy atom. The molecule has 6 nitrogen and oxygen atoms in total. The molecule has 2 heterocycles. The van der Waals surface area contributed by atoms with Crippen LogP contribution in [0, 0.1) is 6.92 Å². The number of thioether (sulfide) groups is 1. The van der Waals surface area contributed by atoms with Crippen molar-refractivity contribution in [2.75, 3.05) is 7.11 Å². The van der Waals surface area contributed by atoms with Gasteiger partial charge in [0.1, 0.15) is 5.75 Å². The van der Waals surface area contributed by atoms with Crippen molar-refractivity contribution in [3.8, 4) is 11.4 Å². The third-order valence-electron chi connectivity index (χ3n) is 2.83. The Morgan fingerprint density at radius 1 is 1.33 bits per heavy atom. The van der Waals surface area contributed by atoms with Gasteiger partial charge in [0.15, 0.2) is 5.16 Å². The molecule has 0 bridgehead atoms. The Morgan fingerprint density at radius 3 is 3.00 bits per heavy atom. The zero-order valence-electron chi connectivity index (χ0n) is 11.7. The van der Waals surface area contributed by atoms with Gasteiger partial charge >= 0.3 is 0 Å². The van der Waals surface area contributed by atoms with E-state index in [4.69, 9.17) is 9.15 Å². The van der Waals surface area contributed by atoms with Crippen LogP contribution in [0.15, 0.2) is 46.2 Å². The maximum Gasteiger partial charge on any atom is 0.226 e. The maximum atomic E-state index is 5.36. The first-order valence-electron chi connectivity index (χ1n) is 6.36. The minimum absolute atomic E-state index is 0.571. The van der Waals surface area contributed by atoms with Crippen LogP contribution in [0.5, 0.6) is 5.75 Å². The van der Waals surface area contributed by atoms with Crippen LogP contribution < -0.4 is 4.74 Å². The molecule has 0 aliphatic carbocycles. The van der Waals surface area contributed by atoms with E-state index in [9.17, 15) is 0 Å². The molecule has 0 N–H and O–H groups in total. The zero-order valence-corrected chi connectivity index (χ0v) is 12.5. The first-order valence-corrected chi connectivity index (χ1v) is 7.34. The summed E-state index contributed by atoms with van der Waals surface area (Å²) in [6.45, 7) is 1.78. The summed E-state index contributed by atoms with van der Waals surface area (Å²) in [5, 5.41) is 8.66. The highest BCUT2D eigenvalue weighted by atomic mass is 32.2. The number of aryl methyl sites for hydroxylation is 1. The van der Waals surface area contributed by atoms with Gasteiger partial charge in [0.05, 0.1) is 18.6 Å². The molecule has 0 fully saturated rings. The molecule has 0 aliphatic heterocycles. The number of aromatic nitrogens is 4. The summed E-state index contributed by atoms with van der Waals surface area (Å²) < 4.78 is 12.6. The summed E-state index contributed by atoms with van der Waals surface area (Å²) in [5.41, 5.74) is 0.996. The molecule has 3 aromatic rings. The molecule has 0 unspecified atom stereocenters. The zero-order chi connectivity index (χ0) is 14.7. The molecular weight excluding hydrogens is 288 g/mol. The number of benzene rings is 1. The van der Waals surface area contributed by atoms with Crippen molar-refractivity contribution in [2.45, 2.75) is 17.8 Å². The Balaban J connectivity index is 1.80. The van der Waals surface area contributed by atoms with E-state index in [0.717, 1.165) is 16.6 Å². The lowest BCUT2D eigenvalue weighted by Gasteiger charge is -2.08. The molecule has 0 saturated carbocycles. The number of nitrogens with zero attached hydrogens (tertiary/aromatic N) is 4. The van der Waals surface area contributed by atoms with Crippen LogP contribution in [0.25, 0.3) is 5.69 Å². The van der Waals surface area contributed by atoms with E-state index in [-0.39, 0.29) is 0 Å². The highest BCUT2D eigenvalue weighted by molar-refractivity contribution is 7.98. The van der Waals surface area contributed by atoms with Crippen LogP contribution in [-0.4, -0.2) is 26.9 Å². The van der Waals surface area contributed by atoms with E-state index in [1.54, 1.807) is 32.0 Å². The molecule has 0 saturated heterocycles. The van der Waals surface area contributed by atoms with E-state index in [1.165, 1.54) is 0 Å². The topological polar surface area (TPSA) is 66.0 Å². The minimum Gasteiger partial charge on any atom is -0.497 e. The fourth-order valence-electron chi connectivity index (χ4n) is 1.88. The van der Waals surface area contributed by atoms with Gasteiger partial charge in [0.2, 0.25) is 11.8 Å². The van der Waals surface area contributed by atoms with Crippen LogP contribution >= 0.6 is 11.8 Å². The molecular formula is C14H14N4O2S. The van der Waals surface area contributed by atoms with Crippen LogP contribution in [0.1, 0.15) is 11.8 Å². The molecule has 0 amide bonds. The Labute approximate surface area is 126 Å². The quantitative estimate of drug-likeness (QED) is 0.675. The predicted molar refractivity (Wildman–Crippen MR) is 78.7 cm³/mol. The summed E-state index contributed by atoms with van der Waals surface area (Å²) >= 11 is 1.54. The van der Waals surface area contributed by atoms with E-state index in [0.29, 0.717) is 17.5 Å². The lowest BCUT2D eigenvalue weighted by Crippen LogP contribution is -1.96. The van der Waals surface area contributed by atoms with Crippen molar-refractivity contribution >= 4 is 11.8 Å². The maximum absolute atomic E-state index is 5.36. The van der Waals surface area contributed by atoms with Crippen molar-refractivity contribution in [1.29, 1.82) is 0 Å². The van der Waals surface area contributed by atoms with Gasteiger partial charge in [-0.1, -0.05) is 17.8 Å². The molecule has 21 heavy (non-hydrogen) atoms. The SMILES string of the molecule is COc1cccc(-n2ccnc2SCc2nnc(C)o2)c1. The van der Waals surface area contributed by atoms with Gasteiger partial charge in [-0.2, -0.15) is 0 Å². The summed E-state index contributed by atoms with van der Waals surface area (Å²) in [5.74, 6) is 2.56. The molecule has 0 atom stereocenters. The van der Waals surface area contributed by atoms with Gasteiger partial charge in [0.25, 0.3) is 0 Å². The third-order valence-corrected chi connectivity index (χ3v) is 3.78. The minimum atomic E-state index is 0.571. The molecule has 0 spiro atoms. The van der Waals surface area contributed by atoms with Gasteiger partial charge in [-0.05, 0) is 12.1 Å². The average Bonchev–Trinajstić information content (AvgIpc) is 3.14. The van der Waals surface area contributed by atoms with Crippen LogP contribution in [0.4, 0.5) is 0 Å². The predicted octanol–water partition coefficient (Wildman–Crippen LogP) is 2.86. The van der Waals surface area contributed by atoms with Gasteiger partial charge < -0.3 is 9.15 Å². The molecule has 108 valence electrons. The molecule has 2 aromatic heterocycles. The Bertz CT molecular complexity index is 738. The standard InChI is InChI=1S/C14H14N4O2S/c1-10-16-17-13(20-10)9-21-14-15-6-7-18(14)11-4-3-5-12(8-11)19-2/h3-8H,9H2,1-2H3. The Hall–Kier alpha value is -2.28. The van der Waals surface area contributed by atoms with Gasteiger partial charge in [-0.3, -0.25) is 4.57 Å². The van der Waals surface area contributed by atoms with Gasteiger partial charge in [0, 0.05) is 25.4 Å². The number of hydrogen-bond donors (Lipinski definition) is 0. The molecule has 0 aliphatic rings. The van der Waals surface area contributed by atoms with Gasteiger partial charge in [-0.25, -0.2) is 4.98 Å². The van der Waals surface area contributed by atoms with Crippen LogP contribution in [-0.2, 0) is 5.75 Å². The number of hydrogen-bond acceptors (Lipinski definition) is 6. The van der Waals surface area contributed by atoms with Crippen molar-refractivity contribution in [3.05, 3.63) is 48.4 Å². The van der Waals surface area contributed by atoms with Crippen LogP contribution in [0.3, 0.4) is 0 Å². The second-order valence-electron chi connectivity index (χ2n) is 4.28. The van der Waals surface area contributed by atoms with Crippen molar-refractivity contribution in [3.63, 3.8) is 0 Å². The number of methoxy groups -OCH3 is 1. The molecule has 1 aromatic carbocycles.